The Bertz CT molecular complexity index is 1240. The molecule has 2 aromatic carbocycles. The quantitative estimate of drug-likeness (QED) is 0.308. The number of aromatic nitrogens is 5. The van der Waals surface area contributed by atoms with Crippen LogP contribution in [0.2, 0.25) is 0 Å². The van der Waals surface area contributed by atoms with Crippen molar-refractivity contribution >= 4 is 11.8 Å². The highest BCUT2D eigenvalue weighted by Crippen LogP contribution is 2.33. The fourth-order valence-electron chi connectivity index (χ4n) is 3.17. The summed E-state index contributed by atoms with van der Waals surface area (Å²) in [4.78, 5) is 4.24. The van der Waals surface area contributed by atoms with E-state index in [9.17, 15) is 13.2 Å². The number of methoxy groups -OCH3 is 1. The predicted molar refractivity (Wildman–Crippen MR) is 117 cm³/mol. The number of rotatable bonds is 7. The van der Waals surface area contributed by atoms with Gasteiger partial charge in [-0.15, -0.1) is 10.2 Å². The zero-order valence-electron chi connectivity index (χ0n) is 18.0. The summed E-state index contributed by atoms with van der Waals surface area (Å²) in [7, 11) is 1.61. The summed E-state index contributed by atoms with van der Waals surface area (Å²) in [6.07, 6.45) is -4.44. The topological polar surface area (TPSA) is 78.9 Å². The summed E-state index contributed by atoms with van der Waals surface area (Å²) >= 11 is 1.36. The lowest BCUT2D eigenvalue weighted by Crippen LogP contribution is -2.05. The highest BCUT2D eigenvalue weighted by Gasteiger charge is 2.30. The number of ether oxygens (including phenoxy) is 1. The maximum atomic E-state index is 13.0. The van der Waals surface area contributed by atoms with Crippen molar-refractivity contribution in [1.82, 2.24) is 24.9 Å². The van der Waals surface area contributed by atoms with Crippen LogP contribution in [0.15, 0.2) is 58.2 Å². The fraction of sp³-hybridized carbons (Fsp3) is 0.273. The van der Waals surface area contributed by atoms with Crippen LogP contribution in [0.1, 0.15) is 31.3 Å². The van der Waals surface area contributed by atoms with Gasteiger partial charge in [-0.1, -0.05) is 29.1 Å². The number of benzene rings is 2. The first-order valence-electron chi connectivity index (χ1n) is 9.98. The summed E-state index contributed by atoms with van der Waals surface area (Å²) in [5.41, 5.74) is 0.363. The molecule has 0 amide bonds. The molecule has 0 bridgehead atoms. The predicted octanol–water partition coefficient (Wildman–Crippen LogP) is 5.90. The highest BCUT2D eigenvalue weighted by molar-refractivity contribution is 7.98. The minimum atomic E-state index is -4.44. The minimum absolute atomic E-state index is 0.0861. The maximum Gasteiger partial charge on any atom is 0.416 e. The zero-order valence-corrected chi connectivity index (χ0v) is 18.8. The van der Waals surface area contributed by atoms with Crippen LogP contribution in [0.4, 0.5) is 13.2 Å². The van der Waals surface area contributed by atoms with Gasteiger partial charge in [0.1, 0.15) is 5.75 Å². The van der Waals surface area contributed by atoms with Gasteiger partial charge in [0.25, 0.3) is 0 Å². The molecule has 0 aliphatic rings. The van der Waals surface area contributed by atoms with Crippen molar-refractivity contribution in [3.8, 4) is 28.5 Å². The summed E-state index contributed by atoms with van der Waals surface area (Å²) in [5, 5.41) is 13.1. The first-order chi connectivity index (χ1) is 15.8. The van der Waals surface area contributed by atoms with Crippen molar-refractivity contribution in [1.29, 1.82) is 0 Å². The van der Waals surface area contributed by atoms with E-state index >= 15 is 0 Å². The first-order valence-corrected chi connectivity index (χ1v) is 11.0. The van der Waals surface area contributed by atoms with E-state index in [1.165, 1.54) is 23.9 Å². The van der Waals surface area contributed by atoms with Crippen molar-refractivity contribution in [2.45, 2.75) is 37.0 Å². The van der Waals surface area contributed by atoms with Crippen molar-refractivity contribution in [2.24, 2.45) is 0 Å². The molecule has 4 aromatic rings. The Morgan fingerprint density at radius 2 is 1.82 bits per heavy atom. The first kappa shape index (κ1) is 22.8. The summed E-state index contributed by atoms with van der Waals surface area (Å²) in [6, 6.07) is 12.4. The number of alkyl halides is 3. The Kier molecular flexibility index (Phi) is 6.41. The van der Waals surface area contributed by atoms with Crippen LogP contribution in [0, 0.1) is 0 Å². The van der Waals surface area contributed by atoms with E-state index in [0.717, 1.165) is 23.4 Å². The lowest BCUT2D eigenvalue weighted by Gasteiger charge is -2.13. The Morgan fingerprint density at radius 1 is 1.06 bits per heavy atom. The van der Waals surface area contributed by atoms with E-state index in [-0.39, 0.29) is 23.3 Å². The van der Waals surface area contributed by atoms with Crippen molar-refractivity contribution in [3.05, 3.63) is 60.0 Å². The molecular weight excluding hydrogens is 455 g/mol. The van der Waals surface area contributed by atoms with Gasteiger partial charge in [-0.2, -0.15) is 18.2 Å². The van der Waals surface area contributed by atoms with Gasteiger partial charge in [0.05, 0.1) is 18.4 Å². The molecule has 11 heteroatoms. The molecule has 0 spiro atoms. The van der Waals surface area contributed by atoms with Crippen molar-refractivity contribution < 1.29 is 22.4 Å². The van der Waals surface area contributed by atoms with Gasteiger partial charge in [-0.05, 0) is 50.2 Å². The number of nitrogens with zero attached hydrogens (tertiary/aromatic N) is 5. The molecule has 0 fully saturated rings. The Labute approximate surface area is 192 Å². The van der Waals surface area contributed by atoms with Crippen molar-refractivity contribution in [3.63, 3.8) is 0 Å². The number of hydrogen-bond acceptors (Lipinski definition) is 7. The lowest BCUT2D eigenvalue weighted by molar-refractivity contribution is -0.137. The van der Waals surface area contributed by atoms with E-state index in [0.29, 0.717) is 16.7 Å². The van der Waals surface area contributed by atoms with Gasteiger partial charge in [-0.25, -0.2) is 0 Å². The molecule has 33 heavy (non-hydrogen) atoms. The lowest BCUT2D eigenvalue weighted by atomic mass is 10.1. The third-order valence-electron chi connectivity index (χ3n) is 4.77. The van der Waals surface area contributed by atoms with E-state index < -0.39 is 11.7 Å². The second-order valence-electron chi connectivity index (χ2n) is 7.38. The van der Waals surface area contributed by atoms with Crippen LogP contribution in [-0.4, -0.2) is 32.0 Å². The molecule has 0 saturated heterocycles. The van der Waals surface area contributed by atoms with Gasteiger partial charge >= 0.3 is 6.18 Å². The molecule has 2 heterocycles. The Hall–Kier alpha value is -3.34. The van der Waals surface area contributed by atoms with Crippen LogP contribution in [-0.2, 0) is 11.9 Å². The SMILES string of the molecule is COc1ccc(-c2nnc(SCc3nc(-c4cccc(C(F)(F)F)c4)no3)n2C(C)C)cc1. The average Bonchev–Trinajstić information content (AvgIpc) is 3.44. The molecule has 172 valence electrons. The van der Waals surface area contributed by atoms with Gasteiger partial charge in [0.2, 0.25) is 11.7 Å². The van der Waals surface area contributed by atoms with Gasteiger partial charge in [-0.3, -0.25) is 4.57 Å². The normalized spacial score (nSPS) is 11.8. The Morgan fingerprint density at radius 3 is 2.48 bits per heavy atom. The van der Waals surface area contributed by atoms with E-state index in [4.69, 9.17) is 9.26 Å². The molecule has 7 nitrogen and oxygen atoms in total. The van der Waals surface area contributed by atoms with Crippen LogP contribution >= 0.6 is 11.8 Å². The van der Waals surface area contributed by atoms with Crippen molar-refractivity contribution in [2.75, 3.05) is 7.11 Å². The molecule has 0 N–H and O–H groups in total. The molecule has 4 rings (SSSR count). The monoisotopic (exact) mass is 475 g/mol. The molecule has 0 atom stereocenters. The number of thioether (sulfide) groups is 1. The second kappa shape index (κ2) is 9.26. The Balaban J connectivity index is 1.52. The number of hydrogen-bond donors (Lipinski definition) is 0. The van der Waals surface area contributed by atoms with E-state index in [2.05, 4.69) is 20.3 Å². The molecule has 0 unspecified atom stereocenters. The average molecular weight is 475 g/mol. The van der Waals surface area contributed by atoms with Crippen LogP contribution < -0.4 is 4.74 Å². The minimum Gasteiger partial charge on any atom is -0.497 e. The molecule has 2 aromatic heterocycles. The van der Waals surface area contributed by atoms with Crippen LogP contribution in [0.3, 0.4) is 0 Å². The summed E-state index contributed by atoms with van der Waals surface area (Å²) in [5.74, 6) is 2.12. The van der Waals surface area contributed by atoms with E-state index in [1.807, 2.05) is 42.7 Å². The molecule has 0 aliphatic carbocycles. The standard InChI is InChI=1S/C22H20F3N5O2S/c1-13(2)30-20(14-7-9-17(31-3)10-8-14)27-28-21(30)33-12-18-26-19(29-32-18)15-5-4-6-16(11-15)22(23,24)25/h4-11,13H,12H2,1-3H3. The molecular formula is C22H20F3N5O2S. The summed E-state index contributed by atoms with van der Waals surface area (Å²) in [6.45, 7) is 4.05. The van der Waals surface area contributed by atoms with Gasteiger partial charge in [0, 0.05) is 17.2 Å². The smallest absolute Gasteiger partial charge is 0.416 e. The highest BCUT2D eigenvalue weighted by atomic mass is 32.2. The number of halogens is 3. The van der Waals surface area contributed by atoms with Crippen LogP contribution in [0.5, 0.6) is 5.75 Å². The largest absolute Gasteiger partial charge is 0.497 e. The second-order valence-corrected chi connectivity index (χ2v) is 8.32. The van der Waals surface area contributed by atoms with Gasteiger partial charge < -0.3 is 9.26 Å². The molecule has 0 saturated carbocycles. The molecule has 0 aliphatic heterocycles. The maximum absolute atomic E-state index is 13.0. The molecule has 0 radical (unpaired) electrons. The summed E-state index contributed by atoms with van der Waals surface area (Å²) < 4.78 is 51.4. The third kappa shape index (κ3) is 5.03. The third-order valence-corrected chi connectivity index (χ3v) is 5.70. The zero-order chi connectivity index (χ0) is 23.6. The fourth-order valence-corrected chi connectivity index (χ4v) is 4.07. The van der Waals surface area contributed by atoms with E-state index in [1.54, 1.807) is 7.11 Å². The van der Waals surface area contributed by atoms with Gasteiger partial charge in [0.15, 0.2) is 11.0 Å². The van der Waals surface area contributed by atoms with Crippen LogP contribution in [0.25, 0.3) is 22.8 Å².